The Bertz CT molecular complexity index is 481. The van der Waals surface area contributed by atoms with E-state index in [-0.39, 0.29) is 5.91 Å². The van der Waals surface area contributed by atoms with Gasteiger partial charge in [-0.2, -0.15) is 10.4 Å². The van der Waals surface area contributed by atoms with Crippen LogP contribution in [0.25, 0.3) is 0 Å². The first-order chi connectivity index (χ1) is 8.03. The van der Waals surface area contributed by atoms with Crippen LogP contribution >= 0.6 is 0 Å². The molecule has 0 atom stereocenters. The molecule has 1 aromatic heterocycles. The molecule has 1 heterocycles. The van der Waals surface area contributed by atoms with Crippen molar-refractivity contribution in [3.05, 3.63) is 17.0 Å². The van der Waals surface area contributed by atoms with Crippen molar-refractivity contribution >= 4 is 5.91 Å². The molecule has 1 aromatic rings. The van der Waals surface area contributed by atoms with Crippen LogP contribution in [-0.2, 0) is 12.8 Å². The summed E-state index contributed by atoms with van der Waals surface area (Å²) in [5.74, 6) is -0.268. The van der Waals surface area contributed by atoms with Gasteiger partial charge in [0.1, 0.15) is 5.54 Å². The highest BCUT2D eigenvalue weighted by molar-refractivity contribution is 5.94. The molecule has 5 nitrogen and oxygen atoms in total. The summed E-state index contributed by atoms with van der Waals surface area (Å²) in [5, 5.41) is 18.5. The Morgan fingerprint density at radius 3 is 2.88 bits per heavy atom. The number of hydrogen-bond acceptors (Lipinski definition) is 3. The number of H-pyrrole nitrogens is 1. The number of aryl methyl sites for hydroxylation is 1. The molecule has 0 fully saturated rings. The minimum Gasteiger partial charge on any atom is -0.333 e. The zero-order valence-electron chi connectivity index (χ0n) is 10.1. The van der Waals surface area contributed by atoms with E-state index in [0.29, 0.717) is 5.69 Å². The van der Waals surface area contributed by atoms with Crippen LogP contribution in [-0.4, -0.2) is 21.6 Å². The van der Waals surface area contributed by atoms with Gasteiger partial charge in [0.25, 0.3) is 5.91 Å². The highest BCUT2D eigenvalue weighted by Gasteiger charge is 2.26. The van der Waals surface area contributed by atoms with Crippen molar-refractivity contribution in [1.29, 1.82) is 5.26 Å². The van der Waals surface area contributed by atoms with Crippen molar-refractivity contribution in [2.24, 2.45) is 0 Å². The van der Waals surface area contributed by atoms with E-state index in [2.05, 4.69) is 15.5 Å². The van der Waals surface area contributed by atoms with Gasteiger partial charge in [-0.1, -0.05) is 0 Å². The van der Waals surface area contributed by atoms with Crippen molar-refractivity contribution in [1.82, 2.24) is 15.5 Å². The fourth-order valence-electron chi connectivity index (χ4n) is 2.04. The quantitative estimate of drug-likeness (QED) is 0.806. The van der Waals surface area contributed by atoms with Gasteiger partial charge < -0.3 is 5.32 Å². The second kappa shape index (κ2) is 4.21. The minimum atomic E-state index is -0.864. The molecule has 1 aliphatic carbocycles. The van der Waals surface area contributed by atoms with E-state index in [1.165, 1.54) is 0 Å². The average Bonchev–Trinajstić information content (AvgIpc) is 2.72. The SMILES string of the molecule is CC(C)(C#N)NC(=O)c1n[nH]c2c1CCCC2. The molecule has 0 aromatic carbocycles. The highest BCUT2D eigenvalue weighted by Crippen LogP contribution is 2.22. The molecular weight excluding hydrogens is 216 g/mol. The number of nitriles is 1. The van der Waals surface area contributed by atoms with E-state index in [9.17, 15) is 4.79 Å². The molecule has 5 heteroatoms. The van der Waals surface area contributed by atoms with Crippen LogP contribution in [0.3, 0.4) is 0 Å². The van der Waals surface area contributed by atoms with Gasteiger partial charge in [0.05, 0.1) is 6.07 Å². The standard InChI is InChI=1S/C12H16N4O/c1-12(2,7-13)14-11(17)10-8-5-3-4-6-9(8)15-16-10/h3-6H2,1-2H3,(H,14,17)(H,15,16). The lowest BCUT2D eigenvalue weighted by Gasteiger charge is -2.17. The Labute approximate surface area is 100 Å². The fraction of sp³-hybridized carbons (Fsp3) is 0.583. The summed E-state index contributed by atoms with van der Waals surface area (Å²) in [6.45, 7) is 3.34. The van der Waals surface area contributed by atoms with Crippen molar-refractivity contribution in [3.8, 4) is 6.07 Å². The Kier molecular flexibility index (Phi) is 2.88. The van der Waals surface area contributed by atoms with Crippen LogP contribution < -0.4 is 5.32 Å². The summed E-state index contributed by atoms with van der Waals surface area (Å²) >= 11 is 0. The maximum Gasteiger partial charge on any atom is 0.273 e. The predicted molar refractivity (Wildman–Crippen MR) is 62.4 cm³/mol. The third kappa shape index (κ3) is 2.31. The van der Waals surface area contributed by atoms with E-state index in [1.54, 1.807) is 13.8 Å². The lowest BCUT2D eigenvalue weighted by molar-refractivity contribution is 0.0923. The van der Waals surface area contributed by atoms with Crippen LogP contribution in [0.5, 0.6) is 0 Å². The van der Waals surface area contributed by atoms with Crippen LogP contribution in [0.2, 0.25) is 0 Å². The zero-order chi connectivity index (χ0) is 12.5. The summed E-state index contributed by atoms with van der Waals surface area (Å²) in [7, 11) is 0. The maximum atomic E-state index is 12.0. The van der Waals surface area contributed by atoms with E-state index in [1.807, 2.05) is 6.07 Å². The molecule has 2 N–H and O–H groups in total. The number of fused-ring (bicyclic) bond motifs is 1. The first-order valence-corrected chi connectivity index (χ1v) is 5.83. The minimum absolute atomic E-state index is 0.268. The molecule has 0 aliphatic heterocycles. The van der Waals surface area contributed by atoms with Crippen LogP contribution in [0.15, 0.2) is 0 Å². The molecule has 0 saturated carbocycles. The lowest BCUT2D eigenvalue weighted by atomic mass is 9.95. The van der Waals surface area contributed by atoms with Gasteiger partial charge in [-0.05, 0) is 39.5 Å². The Balaban J connectivity index is 2.21. The number of aromatic amines is 1. The number of carbonyl (C=O) groups excluding carboxylic acids is 1. The molecular formula is C12H16N4O. The second-order valence-electron chi connectivity index (χ2n) is 4.93. The molecule has 0 saturated heterocycles. The van der Waals surface area contributed by atoms with Crippen molar-refractivity contribution in [2.75, 3.05) is 0 Å². The molecule has 0 unspecified atom stereocenters. The average molecular weight is 232 g/mol. The lowest BCUT2D eigenvalue weighted by Crippen LogP contribution is -2.42. The van der Waals surface area contributed by atoms with Crippen LogP contribution in [0.4, 0.5) is 0 Å². The topological polar surface area (TPSA) is 81.6 Å². The summed E-state index contributed by atoms with van der Waals surface area (Å²) in [6.07, 6.45) is 4.08. The number of nitrogens with one attached hydrogen (secondary N) is 2. The summed E-state index contributed by atoms with van der Waals surface area (Å²) in [6, 6.07) is 2.04. The number of hydrogen-bond donors (Lipinski definition) is 2. The Hall–Kier alpha value is -1.83. The molecule has 2 rings (SSSR count). The molecule has 17 heavy (non-hydrogen) atoms. The maximum absolute atomic E-state index is 12.0. The second-order valence-corrected chi connectivity index (χ2v) is 4.93. The van der Waals surface area contributed by atoms with Gasteiger partial charge in [0, 0.05) is 11.3 Å². The Morgan fingerprint density at radius 1 is 1.47 bits per heavy atom. The van der Waals surface area contributed by atoms with E-state index in [0.717, 1.165) is 36.9 Å². The first-order valence-electron chi connectivity index (χ1n) is 5.83. The largest absolute Gasteiger partial charge is 0.333 e. The van der Waals surface area contributed by atoms with Gasteiger partial charge in [-0.3, -0.25) is 9.89 Å². The van der Waals surface area contributed by atoms with E-state index in [4.69, 9.17) is 5.26 Å². The monoisotopic (exact) mass is 232 g/mol. The van der Waals surface area contributed by atoms with Crippen LogP contribution in [0, 0.1) is 11.3 Å². The number of carbonyl (C=O) groups is 1. The number of aromatic nitrogens is 2. The van der Waals surface area contributed by atoms with Gasteiger partial charge in [-0.25, -0.2) is 0 Å². The van der Waals surface area contributed by atoms with Crippen molar-refractivity contribution in [3.63, 3.8) is 0 Å². The molecule has 1 aliphatic rings. The van der Waals surface area contributed by atoms with Crippen molar-refractivity contribution < 1.29 is 4.79 Å². The van der Waals surface area contributed by atoms with Crippen LogP contribution in [0.1, 0.15) is 48.4 Å². The Morgan fingerprint density at radius 2 is 2.18 bits per heavy atom. The molecule has 1 amide bonds. The third-order valence-corrected chi connectivity index (χ3v) is 2.98. The number of amides is 1. The van der Waals surface area contributed by atoms with Gasteiger partial charge in [-0.15, -0.1) is 0 Å². The van der Waals surface area contributed by atoms with E-state index < -0.39 is 5.54 Å². The summed E-state index contributed by atoms with van der Waals surface area (Å²) in [5.41, 5.74) is 1.67. The first kappa shape index (κ1) is 11.6. The predicted octanol–water partition coefficient (Wildman–Crippen LogP) is 1.32. The summed E-state index contributed by atoms with van der Waals surface area (Å²) in [4.78, 5) is 12.0. The smallest absolute Gasteiger partial charge is 0.273 e. The molecule has 0 bridgehead atoms. The summed E-state index contributed by atoms with van der Waals surface area (Å²) < 4.78 is 0. The zero-order valence-corrected chi connectivity index (χ0v) is 10.1. The fourth-order valence-corrected chi connectivity index (χ4v) is 2.04. The highest BCUT2D eigenvalue weighted by atomic mass is 16.2. The number of nitrogens with zero attached hydrogens (tertiary/aromatic N) is 2. The molecule has 0 spiro atoms. The third-order valence-electron chi connectivity index (χ3n) is 2.98. The molecule has 90 valence electrons. The normalized spacial score (nSPS) is 14.9. The van der Waals surface area contributed by atoms with Gasteiger partial charge in [0.15, 0.2) is 5.69 Å². The van der Waals surface area contributed by atoms with Crippen molar-refractivity contribution in [2.45, 2.75) is 45.1 Å². The van der Waals surface area contributed by atoms with Gasteiger partial charge in [0.2, 0.25) is 0 Å². The van der Waals surface area contributed by atoms with Gasteiger partial charge >= 0.3 is 0 Å². The van der Waals surface area contributed by atoms with E-state index >= 15 is 0 Å². The molecule has 0 radical (unpaired) electrons. The number of rotatable bonds is 2.